The number of hydrogen-bond donors (Lipinski definition) is 2. The number of rotatable bonds is 6. The summed E-state index contributed by atoms with van der Waals surface area (Å²) in [5.41, 5.74) is 3.25. The van der Waals surface area contributed by atoms with Crippen molar-refractivity contribution in [3.63, 3.8) is 0 Å². The molecule has 26 heavy (non-hydrogen) atoms. The SMILES string of the molecule is O=C(/C=C/c1ccco1)NCC(=O)N/N=C/c1ccc2ccccc2c1. The highest BCUT2D eigenvalue weighted by Gasteiger charge is 2.02. The van der Waals surface area contributed by atoms with Gasteiger partial charge in [0.2, 0.25) is 5.91 Å². The number of nitrogens with zero attached hydrogens (tertiary/aromatic N) is 1. The van der Waals surface area contributed by atoms with Crippen LogP contribution in [0.3, 0.4) is 0 Å². The first-order valence-electron chi connectivity index (χ1n) is 8.01. The molecule has 3 rings (SSSR count). The van der Waals surface area contributed by atoms with Crippen LogP contribution in [0.4, 0.5) is 0 Å². The van der Waals surface area contributed by atoms with Gasteiger partial charge in [0.05, 0.1) is 19.0 Å². The molecule has 0 aliphatic carbocycles. The second-order valence-electron chi connectivity index (χ2n) is 5.47. The maximum atomic E-state index is 11.7. The Morgan fingerprint density at radius 3 is 2.69 bits per heavy atom. The molecule has 0 aliphatic rings. The lowest BCUT2D eigenvalue weighted by molar-refractivity contribution is -0.123. The Labute approximate surface area is 150 Å². The van der Waals surface area contributed by atoms with Crippen LogP contribution in [0, 0.1) is 0 Å². The first-order valence-corrected chi connectivity index (χ1v) is 8.01. The fourth-order valence-electron chi connectivity index (χ4n) is 2.28. The normalized spacial score (nSPS) is 11.2. The van der Waals surface area contributed by atoms with Crippen molar-refractivity contribution in [2.75, 3.05) is 6.54 Å². The van der Waals surface area contributed by atoms with E-state index in [2.05, 4.69) is 15.8 Å². The van der Waals surface area contributed by atoms with Gasteiger partial charge in [-0.25, -0.2) is 5.43 Å². The van der Waals surface area contributed by atoms with Crippen molar-refractivity contribution < 1.29 is 14.0 Å². The Hall–Kier alpha value is -3.67. The molecule has 0 spiro atoms. The van der Waals surface area contributed by atoms with Crippen LogP contribution in [-0.4, -0.2) is 24.6 Å². The number of carbonyl (C=O) groups excluding carboxylic acids is 2. The summed E-state index contributed by atoms with van der Waals surface area (Å²) in [6, 6.07) is 17.3. The molecule has 0 bridgehead atoms. The third-order valence-electron chi connectivity index (χ3n) is 3.54. The maximum absolute atomic E-state index is 11.7. The van der Waals surface area contributed by atoms with Crippen LogP contribution < -0.4 is 10.7 Å². The van der Waals surface area contributed by atoms with Gasteiger partial charge in [0.1, 0.15) is 5.76 Å². The lowest BCUT2D eigenvalue weighted by Crippen LogP contribution is -2.34. The summed E-state index contributed by atoms with van der Waals surface area (Å²) in [7, 11) is 0. The van der Waals surface area contributed by atoms with Crippen LogP contribution in [0.2, 0.25) is 0 Å². The summed E-state index contributed by atoms with van der Waals surface area (Å²) in [5, 5.41) is 8.60. The van der Waals surface area contributed by atoms with E-state index in [-0.39, 0.29) is 6.54 Å². The van der Waals surface area contributed by atoms with Crippen molar-refractivity contribution >= 4 is 34.9 Å². The number of amides is 2. The van der Waals surface area contributed by atoms with Crippen LogP contribution in [0.1, 0.15) is 11.3 Å². The molecular formula is C20H17N3O3. The molecule has 6 heteroatoms. The van der Waals surface area contributed by atoms with E-state index in [1.165, 1.54) is 18.4 Å². The number of fused-ring (bicyclic) bond motifs is 1. The Morgan fingerprint density at radius 2 is 1.88 bits per heavy atom. The first kappa shape index (κ1) is 17.2. The van der Waals surface area contributed by atoms with Gasteiger partial charge in [-0.1, -0.05) is 36.4 Å². The van der Waals surface area contributed by atoms with Crippen LogP contribution in [0.15, 0.2) is 76.5 Å². The molecule has 0 radical (unpaired) electrons. The quantitative estimate of drug-likeness (QED) is 0.408. The van der Waals surface area contributed by atoms with Gasteiger partial charge in [0.25, 0.3) is 5.91 Å². The minimum Gasteiger partial charge on any atom is -0.465 e. The topological polar surface area (TPSA) is 83.7 Å². The average Bonchev–Trinajstić information content (AvgIpc) is 3.18. The molecule has 2 aromatic carbocycles. The zero-order valence-corrected chi connectivity index (χ0v) is 13.9. The smallest absolute Gasteiger partial charge is 0.259 e. The van der Waals surface area contributed by atoms with Crippen molar-refractivity contribution in [2.24, 2.45) is 5.10 Å². The summed E-state index contributed by atoms with van der Waals surface area (Å²) >= 11 is 0. The van der Waals surface area contributed by atoms with E-state index in [1.54, 1.807) is 18.3 Å². The standard InChI is InChI=1S/C20H17N3O3/c24-19(10-9-18-6-3-11-26-18)21-14-20(25)23-22-13-15-7-8-16-4-1-2-5-17(16)12-15/h1-13H,14H2,(H,21,24)(H,23,25)/b10-9+,22-13+. The lowest BCUT2D eigenvalue weighted by Gasteiger charge is -2.01. The molecule has 2 amide bonds. The number of carbonyl (C=O) groups is 2. The monoisotopic (exact) mass is 347 g/mol. The highest BCUT2D eigenvalue weighted by molar-refractivity contribution is 5.94. The van der Waals surface area contributed by atoms with E-state index in [0.717, 1.165) is 16.3 Å². The van der Waals surface area contributed by atoms with Crippen LogP contribution in [-0.2, 0) is 9.59 Å². The molecule has 2 N–H and O–H groups in total. The third kappa shape index (κ3) is 4.91. The second-order valence-corrected chi connectivity index (χ2v) is 5.47. The number of furan rings is 1. The van der Waals surface area contributed by atoms with E-state index in [1.807, 2.05) is 42.5 Å². The predicted molar refractivity (Wildman–Crippen MR) is 100 cm³/mol. The van der Waals surface area contributed by atoms with Gasteiger partial charge in [0, 0.05) is 6.08 Å². The lowest BCUT2D eigenvalue weighted by atomic mass is 10.1. The summed E-state index contributed by atoms with van der Waals surface area (Å²) in [4.78, 5) is 23.3. The second kappa shape index (κ2) is 8.43. The maximum Gasteiger partial charge on any atom is 0.259 e. The molecule has 130 valence electrons. The summed E-state index contributed by atoms with van der Waals surface area (Å²) in [6.45, 7) is -0.170. The highest BCUT2D eigenvalue weighted by Crippen LogP contribution is 2.14. The number of benzene rings is 2. The summed E-state index contributed by atoms with van der Waals surface area (Å²) in [5.74, 6) is -0.249. The molecule has 1 aromatic heterocycles. The predicted octanol–water partition coefficient (Wildman–Crippen LogP) is 2.71. The zero-order chi connectivity index (χ0) is 18.2. The van der Waals surface area contributed by atoms with Crippen molar-refractivity contribution in [2.45, 2.75) is 0 Å². The van der Waals surface area contributed by atoms with E-state index in [4.69, 9.17) is 4.42 Å². The Bertz CT molecular complexity index is 959. The third-order valence-corrected chi connectivity index (χ3v) is 3.54. The van der Waals surface area contributed by atoms with Gasteiger partial charge in [0.15, 0.2) is 0 Å². The Morgan fingerprint density at radius 1 is 1.04 bits per heavy atom. The zero-order valence-electron chi connectivity index (χ0n) is 13.9. The van der Waals surface area contributed by atoms with Gasteiger partial charge in [-0.2, -0.15) is 5.10 Å². The average molecular weight is 347 g/mol. The van der Waals surface area contributed by atoms with Crippen LogP contribution in [0.25, 0.3) is 16.8 Å². The number of hydrogen-bond acceptors (Lipinski definition) is 4. The molecule has 6 nitrogen and oxygen atoms in total. The molecule has 0 saturated carbocycles. The van der Waals surface area contributed by atoms with E-state index >= 15 is 0 Å². The molecule has 3 aromatic rings. The van der Waals surface area contributed by atoms with Crippen molar-refractivity contribution in [1.29, 1.82) is 0 Å². The van der Waals surface area contributed by atoms with E-state index in [9.17, 15) is 9.59 Å². The number of nitrogens with one attached hydrogen (secondary N) is 2. The van der Waals surface area contributed by atoms with Gasteiger partial charge in [-0.15, -0.1) is 0 Å². The van der Waals surface area contributed by atoms with Gasteiger partial charge in [-0.3, -0.25) is 9.59 Å². The van der Waals surface area contributed by atoms with E-state index in [0.29, 0.717) is 5.76 Å². The minimum atomic E-state index is -0.415. The molecular weight excluding hydrogens is 330 g/mol. The molecule has 0 atom stereocenters. The van der Waals surface area contributed by atoms with Crippen LogP contribution in [0.5, 0.6) is 0 Å². The van der Waals surface area contributed by atoms with Crippen molar-refractivity contribution in [1.82, 2.24) is 10.7 Å². The Kier molecular flexibility index (Phi) is 5.57. The first-order chi connectivity index (χ1) is 12.7. The summed E-state index contributed by atoms with van der Waals surface area (Å²) in [6.07, 6.45) is 5.89. The Balaban J connectivity index is 1.45. The van der Waals surface area contributed by atoms with Crippen LogP contribution >= 0.6 is 0 Å². The molecule has 0 fully saturated rings. The van der Waals surface area contributed by atoms with E-state index < -0.39 is 11.8 Å². The number of hydrazone groups is 1. The summed E-state index contributed by atoms with van der Waals surface area (Å²) < 4.78 is 5.07. The van der Waals surface area contributed by atoms with Gasteiger partial charge >= 0.3 is 0 Å². The fraction of sp³-hybridized carbons (Fsp3) is 0.0500. The fourth-order valence-corrected chi connectivity index (χ4v) is 2.28. The van der Waals surface area contributed by atoms with Gasteiger partial charge in [-0.05, 0) is 40.6 Å². The highest BCUT2D eigenvalue weighted by atomic mass is 16.3. The largest absolute Gasteiger partial charge is 0.465 e. The molecule has 0 aliphatic heterocycles. The van der Waals surface area contributed by atoms with Crippen molar-refractivity contribution in [3.8, 4) is 0 Å². The van der Waals surface area contributed by atoms with Gasteiger partial charge < -0.3 is 9.73 Å². The molecule has 0 saturated heterocycles. The minimum absolute atomic E-state index is 0.170. The molecule has 0 unspecified atom stereocenters. The van der Waals surface area contributed by atoms with Crippen molar-refractivity contribution in [3.05, 3.63) is 78.3 Å². The molecule has 1 heterocycles.